The molecule has 0 aliphatic heterocycles. The van der Waals surface area contributed by atoms with Crippen LogP contribution in [0.5, 0.6) is 0 Å². The third-order valence-corrected chi connectivity index (χ3v) is 1.13. The molecule has 7 heteroatoms. The van der Waals surface area contributed by atoms with Crippen LogP contribution in [0.1, 0.15) is 0 Å². The van der Waals surface area contributed by atoms with Crippen LogP contribution in [0, 0.1) is 0 Å². The fourth-order valence-corrected chi connectivity index (χ4v) is 0.574. The van der Waals surface area contributed by atoms with Gasteiger partial charge in [0.15, 0.2) is 0 Å². The van der Waals surface area contributed by atoms with Gasteiger partial charge < -0.3 is 23.6 Å². The Balaban J connectivity index is -0.000000120. The van der Waals surface area contributed by atoms with E-state index in [0.717, 1.165) is 4.21 Å². The van der Waals surface area contributed by atoms with Gasteiger partial charge in [0.1, 0.15) is 0 Å². The molecular weight excluding hydrogens is 171 g/mol. The van der Waals surface area contributed by atoms with Gasteiger partial charge >= 0.3 is 29.6 Å². The van der Waals surface area contributed by atoms with E-state index in [-0.39, 0.29) is 40.5 Å². The Hall–Kier alpha value is 0.700. The van der Waals surface area contributed by atoms with E-state index in [1.54, 1.807) is 6.20 Å². The summed E-state index contributed by atoms with van der Waals surface area (Å²) in [5, 5.41) is 3.49. The van der Waals surface area contributed by atoms with Crippen LogP contribution in [0.25, 0.3) is 0 Å². The SMILES string of the molecule is O.O.[Na+].[S-]c1cnns1. The van der Waals surface area contributed by atoms with Crippen molar-refractivity contribution in [2.45, 2.75) is 4.21 Å². The number of aromatic nitrogens is 2. The molecule has 0 amide bonds. The summed E-state index contributed by atoms with van der Waals surface area (Å²) in [6.07, 6.45) is 1.56. The minimum atomic E-state index is 0. The molecule has 9 heavy (non-hydrogen) atoms. The number of hydrogen-bond acceptors (Lipinski definition) is 4. The molecule has 0 aliphatic carbocycles. The molecule has 0 bridgehead atoms. The van der Waals surface area contributed by atoms with Gasteiger partial charge in [0.05, 0.1) is 0 Å². The summed E-state index contributed by atoms with van der Waals surface area (Å²) in [5.74, 6) is 0. The van der Waals surface area contributed by atoms with Crippen LogP contribution < -0.4 is 29.6 Å². The van der Waals surface area contributed by atoms with Crippen molar-refractivity contribution in [3.8, 4) is 0 Å². The molecule has 0 saturated heterocycles. The first-order chi connectivity index (χ1) is 2.89. The van der Waals surface area contributed by atoms with Crippen LogP contribution in [0.2, 0.25) is 0 Å². The Morgan fingerprint density at radius 1 is 1.44 bits per heavy atom. The van der Waals surface area contributed by atoms with E-state index in [1.807, 2.05) is 0 Å². The molecule has 1 aromatic heterocycles. The maximum absolute atomic E-state index is 4.64. The van der Waals surface area contributed by atoms with Gasteiger partial charge in [0.25, 0.3) is 0 Å². The Morgan fingerprint density at radius 2 is 2.00 bits per heavy atom. The van der Waals surface area contributed by atoms with E-state index in [1.165, 1.54) is 11.5 Å². The summed E-state index contributed by atoms with van der Waals surface area (Å²) in [6.45, 7) is 0. The zero-order valence-corrected chi connectivity index (χ0v) is 8.42. The van der Waals surface area contributed by atoms with E-state index in [9.17, 15) is 0 Å². The summed E-state index contributed by atoms with van der Waals surface area (Å²) < 4.78 is 4.25. The smallest absolute Gasteiger partial charge is 0.425 e. The van der Waals surface area contributed by atoms with Crippen LogP contribution in [0.15, 0.2) is 10.4 Å². The van der Waals surface area contributed by atoms with Gasteiger partial charge in [-0.2, -0.15) is 5.10 Å². The quantitative estimate of drug-likeness (QED) is 0.296. The van der Waals surface area contributed by atoms with Crippen molar-refractivity contribution in [2.75, 3.05) is 0 Å². The zero-order chi connectivity index (χ0) is 4.41. The predicted octanol–water partition coefficient (Wildman–Crippen LogP) is -4.20. The van der Waals surface area contributed by atoms with Crippen molar-refractivity contribution >= 4 is 24.2 Å². The Morgan fingerprint density at radius 3 is 2.11 bits per heavy atom. The normalized spacial score (nSPS) is 5.78. The molecule has 1 rings (SSSR count). The zero-order valence-electron chi connectivity index (χ0n) is 4.79. The second-order valence-electron chi connectivity index (χ2n) is 0.737. The van der Waals surface area contributed by atoms with Gasteiger partial charge in [-0.05, 0) is 0 Å². The predicted molar refractivity (Wildman–Crippen MR) is 32.8 cm³/mol. The number of hydrogen-bond donors (Lipinski definition) is 0. The average Bonchev–Trinajstić information content (AvgIpc) is 1.86. The van der Waals surface area contributed by atoms with Gasteiger partial charge in [-0.15, -0.1) is 0 Å². The monoisotopic (exact) mass is 176 g/mol. The first kappa shape index (κ1) is 16.4. The molecule has 0 saturated carbocycles. The molecule has 0 spiro atoms. The maximum atomic E-state index is 4.64. The minimum Gasteiger partial charge on any atom is -0.425 e. The molecule has 0 aliphatic rings. The fourth-order valence-electron chi connectivity index (χ4n) is 0.158. The van der Waals surface area contributed by atoms with Crippen molar-refractivity contribution in [3.63, 3.8) is 0 Å². The molecule has 0 unspecified atom stereocenters. The van der Waals surface area contributed by atoms with Crippen molar-refractivity contribution in [1.82, 2.24) is 9.59 Å². The van der Waals surface area contributed by atoms with Crippen LogP contribution in [0.4, 0.5) is 0 Å². The van der Waals surface area contributed by atoms with Crippen LogP contribution in [-0.2, 0) is 12.6 Å². The number of nitrogens with zero attached hydrogens (tertiary/aromatic N) is 2. The molecule has 0 radical (unpaired) electrons. The summed E-state index contributed by atoms with van der Waals surface area (Å²) in [5.41, 5.74) is 0. The third kappa shape index (κ3) is 6.59. The Kier molecular flexibility index (Phi) is 15.8. The van der Waals surface area contributed by atoms with Crippen molar-refractivity contribution in [3.05, 3.63) is 6.20 Å². The van der Waals surface area contributed by atoms with Crippen LogP contribution in [0.3, 0.4) is 0 Å². The summed E-state index contributed by atoms with van der Waals surface area (Å²) in [7, 11) is 0. The molecule has 0 atom stereocenters. The molecule has 1 aromatic rings. The molecule has 0 aromatic carbocycles. The van der Waals surface area contributed by atoms with E-state index >= 15 is 0 Å². The van der Waals surface area contributed by atoms with Gasteiger partial charge in [0, 0.05) is 6.20 Å². The largest absolute Gasteiger partial charge is 1.00 e. The van der Waals surface area contributed by atoms with Gasteiger partial charge in [-0.25, -0.2) is 16.0 Å². The van der Waals surface area contributed by atoms with Crippen LogP contribution >= 0.6 is 11.5 Å². The number of rotatable bonds is 0. The molecule has 1 heterocycles. The van der Waals surface area contributed by atoms with Gasteiger partial charge in [-0.3, -0.25) is 0 Å². The van der Waals surface area contributed by atoms with Crippen LogP contribution in [-0.4, -0.2) is 20.5 Å². The second-order valence-corrected chi connectivity index (χ2v) is 2.22. The first-order valence-electron chi connectivity index (χ1n) is 1.34. The van der Waals surface area contributed by atoms with E-state index in [4.69, 9.17) is 0 Å². The molecular formula is C2H5N2NaO2S2. The minimum absolute atomic E-state index is 0. The average molecular weight is 176 g/mol. The molecule has 48 valence electrons. The van der Waals surface area contributed by atoms with Crippen molar-refractivity contribution in [2.24, 2.45) is 0 Å². The van der Waals surface area contributed by atoms with Gasteiger partial charge in [-0.1, -0.05) is 4.21 Å². The summed E-state index contributed by atoms with van der Waals surface area (Å²) in [6, 6.07) is 0. The molecule has 4 N–H and O–H groups in total. The summed E-state index contributed by atoms with van der Waals surface area (Å²) in [4.78, 5) is 0. The topological polar surface area (TPSA) is 88.8 Å². The van der Waals surface area contributed by atoms with E-state index in [0.29, 0.717) is 0 Å². The Bertz CT molecular complexity index is 124. The van der Waals surface area contributed by atoms with Crippen molar-refractivity contribution < 1.29 is 40.5 Å². The molecule has 4 nitrogen and oxygen atoms in total. The standard InChI is InChI=1S/C2H2N2S2.Na.2H2O/c5-2-1-3-4-6-2;;;/h1,5H;;2*1H2/q;+1;;/p-1. The summed E-state index contributed by atoms with van der Waals surface area (Å²) >= 11 is 5.87. The maximum Gasteiger partial charge on any atom is 1.00 e. The van der Waals surface area contributed by atoms with Crippen molar-refractivity contribution in [1.29, 1.82) is 0 Å². The molecule has 0 fully saturated rings. The fraction of sp³-hybridized carbons (Fsp3) is 0. The third-order valence-electron chi connectivity index (χ3n) is 0.341. The van der Waals surface area contributed by atoms with Gasteiger partial charge in [0.2, 0.25) is 0 Å². The van der Waals surface area contributed by atoms with E-state index < -0.39 is 0 Å². The second kappa shape index (κ2) is 8.70. The van der Waals surface area contributed by atoms with E-state index in [2.05, 4.69) is 22.2 Å². The first-order valence-corrected chi connectivity index (χ1v) is 2.52. The Labute approximate surface area is 84.2 Å².